The van der Waals surface area contributed by atoms with E-state index in [2.05, 4.69) is 15.8 Å². The Bertz CT molecular complexity index is 820. The summed E-state index contributed by atoms with van der Waals surface area (Å²) in [5, 5.41) is 17.7. The van der Waals surface area contributed by atoms with Crippen LogP contribution in [0.15, 0.2) is 5.16 Å². The Morgan fingerprint density at radius 3 is 2.41 bits per heavy atom. The Hall–Kier alpha value is -2.56. The number of carbonyl (C=O) groups excluding carboxylic acids is 3. The molecule has 1 saturated heterocycles. The largest absolute Gasteiger partial charge is 0.447 e. The van der Waals surface area contributed by atoms with Gasteiger partial charge in [-0.3, -0.25) is 9.59 Å². The van der Waals surface area contributed by atoms with Crippen molar-refractivity contribution in [2.75, 3.05) is 19.7 Å². The number of amides is 3. The molecule has 210 valence electrons. The number of alkyl carbamates (subject to hydrolysis) is 1. The van der Waals surface area contributed by atoms with Crippen LogP contribution in [0, 0.1) is 11.8 Å². The van der Waals surface area contributed by atoms with Crippen LogP contribution in [0.5, 0.6) is 0 Å². The number of nitrogens with zero attached hydrogens (tertiary/aromatic N) is 2. The van der Waals surface area contributed by atoms with Gasteiger partial charge in [-0.2, -0.15) is 0 Å². The van der Waals surface area contributed by atoms with Crippen molar-refractivity contribution in [1.29, 1.82) is 0 Å². The molecular formula is C26H45N5O6. The number of likely N-dealkylation sites (tertiary alicyclic amines) is 1. The molecule has 0 aromatic carbocycles. The number of nitrogens with two attached hydrogens (primary N) is 1. The van der Waals surface area contributed by atoms with Crippen LogP contribution in [0.1, 0.15) is 85.0 Å². The first-order valence-corrected chi connectivity index (χ1v) is 13.8. The molecule has 3 rings (SSSR count). The van der Waals surface area contributed by atoms with Crippen molar-refractivity contribution in [2.45, 2.75) is 109 Å². The second-order valence-corrected chi connectivity index (χ2v) is 11.3. The summed E-state index contributed by atoms with van der Waals surface area (Å²) in [5.41, 5.74) is 5.42. The van der Waals surface area contributed by atoms with E-state index in [1.807, 2.05) is 6.92 Å². The third-order valence-corrected chi connectivity index (χ3v) is 7.98. The highest BCUT2D eigenvalue weighted by Crippen LogP contribution is 2.33. The van der Waals surface area contributed by atoms with E-state index >= 15 is 0 Å². The number of oxime groups is 1. The van der Waals surface area contributed by atoms with Gasteiger partial charge in [0.25, 0.3) is 0 Å². The lowest BCUT2D eigenvalue weighted by Crippen LogP contribution is -2.56. The third-order valence-electron chi connectivity index (χ3n) is 7.98. The number of nitrogens with one attached hydrogen (secondary N) is 2. The molecule has 0 aromatic rings. The van der Waals surface area contributed by atoms with Crippen molar-refractivity contribution in [1.82, 2.24) is 15.5 Å². The highest BCUT2D eigenvalue weighted by Gasteiger charge is 2.39. The molecule has 3 amide bonds. The van der Waals surface area contributed by atoms with Crippen molar-refractivity contribution >= 4 is 23.7 Å². The summed E-state index contributed by atoms with van der Waals surface area (Å²) in [5.74, 6) is 0.184. The fourth-order valence-corrected chi connectivity index (χ4v) is 5.73. The van der Waals surface area contributed by atoms with Gasteiger partial charge in [-0.15, -0.1) is 0 Å². The van der Waals surface area contributed by atoms with E-state index in [1.54, 1.807) is 18.7 Å². The van der Waals surface area contributed by atoms with Crippen LogP contribution >= 0.6 is 0 Å². The molecule has 1 aliphatic heterocycles. The topological polar surface area (TPSA) is 156 Å². The zero-order valence-corrected chi connectivity index (χ0v) is 22.5. The van der Waals surface area contributed by atoms with E-state index in [0.29, 0.717) is 25.4 Å². The van der Waals surface area contributed by atoms with Gasteiger partial charge < -0.3 is 35.9 Å². The summed E-state index contributed by atoms with van der Waals surface area (Å²) in [4.78, 5) is 40.6. The van der Waals surface area contributed by atoms with Crippen molar-refractivity contribution in [3.63, 3.8) is 0 Å². The molecule has 11 nitrogen and oxygen atoms in total. The molecule has 1 heterocycles. The smallest absolute Gasteiger partial charge is 0.408 e. The quantitative estimate of drug-likeness (QED) is 0.148. The summed E-state index contributed by atoms with van der Waals surface area (Å²) in [7, 11) is 0. The van der Waals surface area contributed by atoms with Gasteiger partial charge in [0, 0.05) is 19.0 Å². The minimum Gasteiger partial charge on any atom is -0.447 e. The molecule has 0 spiro atoms. The Morgan fingerprint density at radius 1 is 1.11 bits per heavy atom. The predicted octanol–water partition coefficient (Wildman–Crippen LogP) is 2.50. The van der Waals surface area contributed by atoms with E-state index in [4.69, 9.17) is 20.4 Å². The molecule has 0 unspecified atom stereocenters. The third kappa shape index (κ3) is 8.21. The first-order valence-electron chi connectivity index (χ1n) is 13.8. The summed E-state index contributed by atoms with van der Waals surface area (Å²) >= 11 is 0. The summed E-state index contributed by atoms with van der Waals surface area (Å²) in [6, 6.07) is -1.50. The second kappa shape index (κ2) is 13.3. The standard InChI is InChI=1S/C26H45N5O6/c1-17(2)37-25(34)29-20(16-36-26(3)12-4-5-13-26)24(33)31-14-6-7-21(31)23(32)28-15-18-8-10-19(11-9-18)22(27)30-35/h17-21,35H,4-16H2,1-3H3,(H2,27,30)(H,28,32)(H,29,34)/t18?,19?,20-,21+/m1/s1. The molecule has 0 aromatic heterocycles. The van der Waals surface area contributed by atoms with Crippen LogP contribution in [0.25, 0.3) is 0 Å². The summed E-state index contributed by atoms with van der Waals surface area (Å²) in [6.45, 7) is 6.56. The molecule has 0 radical (unpaired) electrons. The van der Waals surface area contributed by atoms with Gasteiger partial charge in [-0.1, -0.05) is 18.0 Å². The normalized spacial score (nSPS) is 26.6. The number of hydrogen-bond acceptors (Lipinski definition) is 7. The fourth-order valence-electron chi connectivity index (χ4n) is 5.73. The lowest BCUT2D eigenvalue weighted by Gasteiger charge is -2.32. The number of ether oxygens (including phenoxy) is 2. The Morgan fingerprint density at radius 2 is 1.78 bits per heavy atom. The van der Waals surface area contributed by atoms with Crippen LogP contribution < -0.4 is 16.4 Å². The summed E-state index contributed by atoms with van der Waals surface area (Å²) < 4.78 is 11.4. The zero-order valence-electron chi connectivity index (χ0n) is 22.5. The van der Waals surface area contributed by atoms with Gasteiger partial charge in [0.15, 0.2) is 0 Å². The van der Waals surface area contributed by atoms with E-state index in [-0.39, 0.29) is 41.9 Å². The number of carbonyl (C=O) groups is 3. The van der Waals surface area contributed by atoms with E-state index in [9.17, 15) is 14.4 Å². The molecule has 5 N–H and O–H groups in total. The van der Waals surface area contributed by atoms with Gasteiger partial charge in [0.05, 0.1) is 18.3 Å². The Balaban J connectivity index is 1.57. The Kier molecular flexibility index (Phi) is 10.4. The molecule has 0 bridgehead atoms. The molecular weight excluding hydrogens is 478 g/mol. The maximum absolute atomic E-state index is 13.6. The van der Waals surface area contributed by atoms with Gasteiger partial charge in [-0.05, 0) is 78.1 Å². The van der Waals surface area contributed by atoms with E-state index in [1.165, 1.54) is 0 Å². The van der Waals surface area contributed by atoms with E-state index in [0.717, 1.165) is 57.8 Å². The van der Waals surface area contributed by atoms with Gasteiger partial charge >= 0.3 is 6.09 Å². The maximum Gasteiger partial charge on any atom is 0.408 e. The number of amidine groups is 1. The fraction of sp³-hybridized carbons (Fsp3) is 0.846. The lowest BCUT2D eigenvalue weighted by molar-refractivity contribution is -0.142. The first-order chi connectivity index (χ1) is 17.6. The van der Waals surface area contributed by atoms with Crippen LogP contribution in [0.2, 0.25) is 0 Å². The average Bonchev–Trinajstić information content (AvgIpc) is 3.54. The van der Waals surface area contributed by atoms with Crippen LogP contribution in [0.3, 0.4) is 0 Å². The lowest BCUT2D eigenvalue weighted by atomic mass is 9.81. The SMILES string of the molecule is CC(C)OC(=O)N[C@H](COC1(C)CCCC1)C(=O)N1CCC[C@H]1C(=O)NCC1CCC(C(N)=NO)CC1. The molecule has 3 aliphatic rings. The van der Waals surface area contributed by atoms with E-state index < -0.39 is 18.2 Å². The van der Waals surface area contributed by atoms with Gasteiger partial charge in [0.1, 0.15) is 17.9 Å². The molecule has 11 heteroatoms. The van der Waals surface area contributed by atoms with Crippen molar-refractivity contribution < 1.29 is 29.1 Å². The van der Waals surface area contributed by atoms with Crippen LogP contribution in [0.4, 0.5) is 4.79 Å². The van der Waals surface area contributed by atoms with Crippen molar-refractivity contribution in [3.05, 3.63) is 0 Å². The molecule has 3 fully saturated rings. The van der Waals surface area contributed by atoms with Crippen molar-refractivity contribution in [2.24, 2.45) is 22.7 Å². The van der Waals surface area contributed by atoms with Crippen molar-refractivity contribution in [3.8, 4) is 0 Å². The number of hydrogen-bond donors (Lipinski definition) is 4. The monoisotopic (exact) mass is 523 g/mol. The highest BCUT2D eigenvalue weighted by molar-refractivity contribution is 5.92. The van der Waals surface area contributed by atoms with Gasteiger partial charge in [-0.25, -0.2) is 4.79 Å². The molecule has 2 atom stereocenters. The Labute approximate surface area is 219 Å². The molecule has 37 heavy (non-hydrogen) atoms. The van der Waals surface area contributed by atoms with Crippen LogP contribution in [-0.4, -0.2) is 77.3 Å². The van der Waals surface area contributed by atoms with Crippen LogP contribution in [-0.2, 0) is 19.1 Å². The summed E-state index contributed by atoms with van der Waals surface area (Å²) in [6.07, 6.45) is 7.71. The van der Waals surface area contributed by atoms with Gasteiger partial charge in [0.2, 0.25) is 11.8 Å². The molecule has 2 saturated carbocycles. The second-order valence-electron chi connectivity index (χ2n) is 11.3. The maximum atomic E-state index is 13.6. The number of rotatable bonds is 10. The molecule has 2 aliphatic carbocycles. The average molecular weight is 524 g/mol. The first kappa shape index (κ1) is 29.0. The predicted molar refractivity (Wildman–Crippen MR) is 138 cm³/mol. The highest BCUT2D eigenvalue weighted by atomic mass is 16.6. The zero-order chi connectivity index (χ0) is 27.0. The minimum absolute atomic E-state index is 0.0386. The minimum atomic E-state index is -0.925.